The van der Waals surface area contributed by atoms with Crippen LogP contribution in [-0.2, 0) is 6.54 Å². The summed E-state index contributed by atoms with van der Waals surface area (Å²) in [5, 5.41) is 8.63. The van der Waals surface area contributed by atoms with E-state index in [1.165, 1.54) is 0 Å². The summed E-state index contributed by atoms with van der Waals surface area (Å²) in [6, 6.07) is 19.5. The van der Waals surface area contributed by atoms with E-state index in [0.29, 0.717) is 12.1 Å². The van der Waals surface area contributed by atoms with Crippen LogP contribution in [0.2, 0.25) is 0 Å². The number of carbonyl (C=O) groups is 1. The maximum Gasteiger partial charge on any atom is 0.271 e. The highest BCUT2D eigenvalue weighted by Crippen LogP contribution is 2.10. The Labute approximate surface area is 165 Å². The highest BCUT2D eigenvalue weighted by Gasteiger charge is 2.07. The first-order valence-electron chi connectivity index (χ1n) is 9.19. The molecule has 5 heteroatoms. The van der Waals surface area contributed by atoms with Gasteiger partial charge in [0.2, 0.25) is 0 Å². The molecule has 0 unspecified atom stereocenters. The molecule has 3 aromatic rings. The molecular weight excluding hydrogens is 348 g/mol. The van der Waals surface area contributed by atoms with E-state index >= 15 is 0 Å². The molecule has 0 aliphatic heterocycles. The molecule has 5 nitrogen and oxygen atoms in total. The largest absolute Gasteiger partial charge is 0.271 e. The minimum Gasteiger partial charge on any atom is -0.267 e. The summed E-state index contributed by atoms with van der Waals surface area (Å²) in [6.07, 6.45) is 3.83. The molecule has 1 N–H and O–H groups in total. The third-order valence-electron chi connectivity index (χ3n) is 4.28. The van der Waals surface area contributed by atoms with E-state index in [1.807, 2.05) is 92.2 Å². The Hall–Kier alpha value is -3.47. The van der Waals surface area contributed by atoms with Crippen LogP contribution in [0.25, 0.3) is 6.08 Å². The lowest BCUT2D eigenvalue weighted by molar-refractivity contribution is 0.0954. The average Bonchev–Trinajstić information content (AvgIpc) is 3.02. The van der Waals surface area contributed by atoms with Crippen molar-refractivity contribution in [1.82, 2.24) is 15.2 Å². The van der Waals surface area contributed by atoms with Crippen LogP contribution in [0, 0.1) is 13.8 Å². The van der Waals surface area contributed by atoms with E-state index in [9.17, 15) is 4.79 Å². The molecule has 0 aliphatic rings. The molecule has 3 rings (SSSR count). The van der Waals surface area contributed by atoms with Crippen LogP contribution < -0.4 is 5.43 Å². The fourth-order valence-corrected chi connectivity index (χ4v) is 2.84. The molecule has 28 heavy (non-hydrogen) atoms. The lowest BCUT2D eigenvalue weighted by Crippen LogP contribution is -2.19. The minimum absolute atomic E-state index is 0.234. The summed E-state index contributed by atoms with van der Waals surface area (Å²) in [5.74, 6) is -0.234. The number of hydrogen-bond acceptors (Lipinski definition) is 3. The number of hydrazone groups is 1. The number of nitrogens with one attached hydrogen (secondary N) is 1. The summed E-state index contributed by atoms with van der Waals surface area (Å²) in [5.41, 5.74) is 8.09. The van der Waals surface area contributed by atoms with Gasteiger partial charge in [0.25, 0.3) is 5.91 Å². The fourth-order valence-electron chi connectivity index (χ4n) is 2.84. The predicted molar refractivity (Wildman–Crippen MR) is 113 cm³/mol. The van der Waals surface area contributed by atoms with Crippen molar-refractivity contribution >= 4 is 17.7 Å². The van der Waals surface area contributed by atoms with Crippen molar-refractivity contribution in [3.63, 3.8) is 0 Å². The van der Waals surface area contributed by atoms with E-state index in [-0.39, 0.29) is 5.91 Å². The first kappa shape index (κ1) is 19.3. The van der Waals surface area contributed by atoms with E-state index in [2.05, 4.69) is 15.6 Å². The second-order valence-corrected chi connectivity index (χ2v) is 6.72. The zero-order chi connectivity index (χ0) is 19.9. The van der Waals surface area contributed by atoms with Gasteiger partial charge in [0.05, 0.1) is 18.0 Å². The third kappa shape index (κ3) is 5.27. The van der Waals surface area contributed by atoms with Gasteiger partial charge in [0.15, 0.2) is 0 Å². The van der Waals surface area contributed by atoms with Crippen LogP contribution in [0.15, 0.2) is 71.8 Å². The van der Waals surface area contributed by atoms with Crippen molar-refractivity contribution in [1.29, 1.82) is 0 Å². The number of nitrogens with zero attached hydrogens (tertiary/aromatic N) is 3. The highest BCUT2D eigenvalue weighted by atomic mass is 16.2. The van der Waals surface area contributed by atoms with Crippen LogP contribution in [0.3, 0.4) is 0 Å². The van der Waals surface area contributed by atoms with Crippen molar-refractivity contribution in [3.8, 4) is 0 Å². The van der Waals surface area contributed by atoms with Crippen LogP contribution in [0.1, 0.15) is 39.8 Å². The first-order chi connectivity index (χ1) is 13.5. The molecule has 142 valence electrons. The molecule has 0 aliphatic carbocycles. The Balaban J connectivity index is 1.64. The lowest BCUT2D eigenvalue weighted by Gasteiger charge is -2.07. The Kier molecular flexibility index (Phi) is 6.17. The SMILES string of the molecule is CC(/C=C/c1ccccc1)=N/NC(=O)c1cccc(Cn2nc(C)cc2C)c1. The van der Waals surface area contributed by atoms with Crippen LogP contribution in [0.5, 0.6) is 0 Å². The second kappa shape index (κ2) is 8.95. The molecule has 0 saturated carbocycles. The average molecular weight is 372 g/mol. The van der Waals surface area contributed by atoms with E-state index < -0.39 is 0 Å². The minimum atomic E-state index is -0.234. The molecule has 1 heterocycles. The maximum atomic E-state index is 12.4. The third-order valence-corrected chi connectivity index (χ3v) is 4.28. The monoisotopic (exact) mass is 372 g/mol. The molecule has 0 atom stereocenters. The molecular formula is C23H24N4O. The number of carbonyl (C=O) groups excluding carboxylic acids is 1. The Morgan fingerprint density at radius 1 is 1.11 bits per heavy atom. The van der Waals surface area contributed by atoms with E-state index in [4.69, 9.17) is 0 Å². The molecule has 0 fully saturated rings. The molecule has 2 aromatic carbocycles. The molecule has 0 saturated heterocycles. The van der Waals surface area contributed by atoms with Crippen LogP contribution in [-0.4, -0.2) is 21.4 Å². The number of aryl methyl sites for hydroxylation is 2. The standard InChI is InChI=1S/C23H24N4O/c1-17(12-13-20-8-5-4-6-9-20)24-25-23(28)22-11-7-10-21(15-22)16-27-19(3)14-18(2)26-27/h4-15H,16H2,1-3H3,(H,25,28)/b13-12+,24-17-. The molecule has 1 amide bonds. The van der Waals surface area contributed by atoms with Crippen LogP contribution >= 0.6 is 0 Å². The number of benzene rings is 2. The van der Waals surface area contributed by atoms with Crippen molar-refractivity contribution in [2.45, 2.75) is 27.3 Å². The Bertz CT molecular complexity index is 1020. The predicted octanol–water partition coefficient (Wildman–Crippen LogP) is 4.37. The van der Waals surface area contributed by atoms with Gasteiger partial charge in [-0.1, -0.05) is 48.5 Å². The fraction of sp³-hybridized carbons (Fsp3) is 0.174. The molecule has 0 radical (unpaired) electrons. The van der Waals surface area contributed by atoms with Gasteiger partial charge in [-0.3, -0.25) is 9.48 Å². The van der Waals surface area contributed by atoms with Crippen molar-refractivity contribution in [2.24, 2.45) is 5.10 Å². The number of hydrogen-bond donors (Lipinski definition) is 1. The molecule has 1 aromatic heterocycles. The first-order valence-corrected chi connectivity index (χ1v) is 9.19. The quantitative estimate of drug-likeness (QED) is 0.516. The number of rotatable bonds is 6. The summed E-state index contributed by atoms with van der Waals surface area (Å²) in [6.45, 7) is 6.47. The molecule has 0 bridgehead atoms. The van der Waals surface area contributed by atoms with Crippen molar-refractivity contribution < 1.29 is 4.79 Å². The summed E-state index contributed by atoms with van der Waals surface area (Å²) in [4.78, 5) is 12.4. The topological polar surface area (TPSA) is 59.3 Å². The van der Waals surface area contributed by atoms with Crippen LogP contribution in [0.4, 0.5) is 0 Å². The van der Waals surface area contributed by atoms with Gasteiger partial charge in [-0.25, -0.2) is 5.43 Å². The van der Waals surface area contributed by atoms with Gasteiger partial charge in [-0.05, 0) is 56.2 Å². The van der Waals surface area contributed by atoms with Gasteiger partial charge in [-0.2, -0.15) is 10.2 Å². The van der Waals surface area contributed by atoms with Crippen molar-refractivity contribution in [3.05, 3.63) is 94.8 Å². The van der Waals surface area contributed by atoms with Gasteiger partial charge in [-0.15, -0.1) is 0 Å². The number of aromatic nitrogens is 2. The van der Waals surface area contributed by atoms with E-state index in [0.717, 1.165) is 28.2 Å². The van der Waals surface area contributed by atoms with Gasteiger partial charge in [0, 0.05) is 11.3 Å². The summed E-state index contributed by atoms with van der Waals surface area (Å²) in [7, 11) is 0. The Morgan fingerprint density at radius 3 is 2.61 bits per heavy atom. The van der Waals surface area contributed by atoms with Gasteiger partial charge < -0.3 is 0 Å². The highest BCUT2D eigenvalue weighted by molar-refractivity contribution is 5.99. The van der Waals surface area contributed by atoms with Gasteiger partial charge >= 0.3 is 0 Å². The second-order valence-electron chi connectivity index (χ2n) is 6.72. The number of allylic oxidation sites excluding steroid dienone is 1. The zero-order valence-electron chi connectivity index (χ0n) is 16.4. The molecule has 0 spiro atoms. The van der Waals surface area contributed by atoms with E-state index in [1.54, 1.807) is 6.07 Å². The Morgan fingerprint density at radius 2 is 1.89 bits per heavy atom. The van der Waals surface area contributed by atoms with Gasteiger partial charge in [0.1, 0.15) is 0 Å². The van der Waals surface area contributed by atoms with Crippen molar-refractivity contribution in [2.75, 3.05) is 0 Å². The number of amides is 1. The zero-order valence-corrected chi connectivity index (χ0v) is 16.4. The lowest BCUT2D eigenvalue weighted by atomic mass is 10.1. The summed E-state index contributed by atoms with van der Waals surface area (Å²) >= 11 is 0. The maximum absolute atomic E-state index is 12.4. The smallest absolute Gasteiger partial charge is 0.267 e. The normalized spacial score (nSPS) is 11.8. The summed E-state index contributed by atoms with van der Waals surface area (Å²) < 4.78 is 1.93.